The molecule has 1 N–H and O–H groups in total. The summed E-state index contributed by atoms with van der Waals surface area (Å²) in [5.41, 5.74) is 3.42. The van der Waals surface area contributed by atoms with Crippen LogP contribution in [-0.2, 0) is 4.74 Å². The van der Waals surface area contributed by atoms with Crippen LogP contribution in [0.15, 0.2) is 60.2 Å². The highest BCUT2D eigenvalue weighted by atomic mass is 35.5. The maximum absolute atomic E-state index is 11.8. The quantitative estimate of drug-likeness (QED) is 0.414. The molecule has 7 heteroatoms. The molecular weight excluding hydrogens is 394 g/mol. The van der Waals surface area contributed by atoms with Crippen molar-refractivity contribution in [3.8, 4) is 11.1 Å². The van der Waals surface area contributed by atoms with Crippen molar-refractivity contribution in [2.24, 2.45) is 0 Å². The SMILES string of the molecule is CCOC(=O)c1ccc(Nc2ncnc3scc(-c4ccc(Cl)cc4)c23)cc1. The van der Waals surface area contributed by atoms with Crippen LogP contribution in [0.1, 0.15) is 17.3 Å². The van der Waals surface area contributed by atoms with Crippen LogP contribution in [0.2, 0.25) is 5.02 Å². The number of esters is 1. The van der Waals surface area contributed by atoms with Crippen molar-refractivity contribution in [2.75, 3.05) is 11.9 Å². The molecule has 2 aromatic heterocycles. The second kappa shape index (κ2) is 7.96. The largest absolute Gasteiger partial charge is 0.462 e. The molecule has 0 atom stereocenters. The van der Waals surface area contributed by atoms with Gasteiger partial charge in [0.15, 0.2) is 0 Å². The van der Waals surface area contributed by atoms with Crippen LogP contribution in [0.3, 0.4) is 0 Å². The van der Waals surface area contributed by atoms with Crippen LogP contribution < -0.4 is 5.32 Å². The minimum Gasteiger partial charge on any atom is -0.462 e. The molecule has 0 spiro atoms. The summed E-state index contributed by atoms with van der Waals surface area (Å²) < 4.78 is 5.02. The summed E-state index contributed by atoms with van der Waals surface area (Å²) in [5, 5.41) is 7.04. The third-order valence-electron chi connectivity index (χ3n) is 4.18. The number of halogens is 1. The van der Waals surface area contributed by atoms with E-state index in [0.717, 1.165) is 27.0 Å². The Morgan fingerprint density at radius 1 is 1.11 bits per heavy atom. The first-order valence-corrected chi connectivity index (χ1v) is 9.94. The van der Waals surface area contributed by atoms with Crippen molar-refractivity contribution in [1.82, 2.24) is 9.97 Å². The van der Waals surface area contributed by atoms with Crippen LogP contribution in [0, 0.1) is 0 Å². The van der Waals surface area contributed by atoms with Gasteiger partial charge in [0, 0.05) is 21.7 Å². The fraction of sp³-hybridized carbons (Fsp3) is 0.0952. The molecule has 0 saturated heterocycles. The minimum atomic E-state index is -0.332. The number of fused-ring (bicyclic) bond motifs is 1. The molecule has 5 nitrogen and oxygen atoms in total. The normalized spacial score (nSPS) is 10.8. The second-order valence-electron chi connectivity index (χ2n) is 5.98. The molecule has 0 aliphatic rings. The summed E-state index contributed by atoms with van der Waals surface area (Å²) in [4.78, 5) is 21.5. The lowest BCUT2D eigenvalue weighted by atomic mass is 10.1. The number of nitrogens with zero attached hydrogens (tertiary/aromatic N) is 2. The third-order valence-corrected chi connectivity index (χ3v) is 5.32. The first kappa shape index (κ1) is 18.4. The van der Waals surface area contributed by atoms with E-state index in [1.165, 1.54) is 0 Å². The summed E-state index contributed by atoms with van der Waals surface area (Å²) in [6.45, 7) is 2.14. The van der Waals surface area contributed by atoms with Gasteiger partial charge in [0.1, 0.15) is 17.0 Å². The number of thiophene rings is 1. The van der Waals surface area contributed by atoms with Crippen molar-refractivity contribution in [3.63, 3.8) is 0 Å². The van der Waals surface area contributed by atoms with Gasteiger partial charge in [-0.15, -0.1) is 11.3 Å². The van der Waals surface area contributed by atoms with E-state index in [4.69, 9.17) is 16.3 Å². The Hall–Kier alpha value is -2.96. The zero-order valence-electron chi connectivity index (χ0n) is 15.0. The number of anilines is 2. The van der Waals surface area contributed by atoms with Crippen molar-refractivity contribution < 1.29 is 9.53 Å². The first-order chi connectivity index (χ1) is 13.7. The predicted molar refractivity (Wildman–Crippen MR) is 114 cm³/mol. The monoisotopic (exact) mass is 409 g/mol. The van der Waals surface area contributed by atoms with Crippen LogP contribution in [0.5, 0.6) is 0 Å². The first-order valence-electron chi connectivity index (χ1n) is 8.68. The lowest BCUT2D eigenvalue weighted by molar-refractivity contribution is 0.0526. The van der Waals surface area contributed by atoms with Crippen molar-refractivity contribution in [1.29, 1.82) is 0 Å². The van der Waals surface area contributed by atoms with Crippen molar-refractivity contribution in [3.05, 3.63) is 70.8 Å². The molecule has 2 aromatic carbocycles. The van der Waals surface area contributed by atoms with E-state index in [0.29, 0.717) is 23.0 Å². The van der Waals surface area contributed by atoms with E-state index in [2.05, 4.69) is 20.7 Å². The Labute approximate surface area is 171 Å². The van der Waals surface area contributed by atoms with E-state index >= 15 is 0 Å². The molecule has 0 amide bonds. The molecule has 28 heavy (non-hydrogen) atoms. The van der Waals surface area contributed by atoms with Gasteiger partial charge in [-0.1, -0.05) is 23.7 Å². The topological polar surface area (TPSA) is 64.1 Å². The maximum Gasteiger partial charge on any atom is 0.338 e. The van der Waals surface area contributed by atoms with Crippen LogP contribution in [-0.4, -0.2) is 22.5 Å². The number of aromatic nitrogens is 2. The van der Waals surface area contributed by atoms with E-state index in [-0.39, 0.29) is 5.97 Å². The Balaban J connectivity index is 1.68. The highest BCUT2D eigenvalue weighted by molar-refractivity contribution is 7.17. The fourth-order valence-corrected chi connectivity index (χ4v) is 3.89. The number of nitrogens with one attached hydrogen (secondary N) is 1. The van der Waals surface area contributed by atoms with Gasteiger partial charge in [-0.2, -0.15) is 0 Å². The van der Waals surface area contributed by atoms with E-state index < -0.39 is 0 Å². The molecular formula is C21H16ClN3O2S. The van der Waals surface area contributed by atoms with Crippen LogP contribution in [0.4, 0.5) is 11.5 Å². The Bertz CT molecular complexity index is 1120. The van der Waals surface area contributed by atoms with Gasteiger partial charge in [0.05, 0.1) is 17.6 Å². The molecule has 0 unspecified atom stereocenters. The van der Waals surface area contributed by atoms with Gasteiger partial charge in [-0.3, -0.25) is 0 Å². The maximum atomic E-state index is 11.8. The van der Waals surface area contributed by atoms with Crippen LogP contribution in [0.25, 0.3) is 21.3 Å². The number of carbonyl (C=O) groups excluding carboxylic acids is 1. The Morgan fingerprint density at radius 3 is 2.57 bits per heavy atom. The Kier molecular flexibility index (Phi) is 5.23. The fourth-order valence-electron chi connectivity index (χ4n) is 2.85. The van der Waals surface area contributed by atoms with Crippen LogP contribution >= 0.6 is 22.9 Å². The number of rotatable bonds is 5. The molecule has 0 fully saturated rings. The molecule has 4 aromatic rings. The van der Waals surface area contributed by atoms with E-state index in [1.807, 2.05) is 36.4 Å². The lowest BCUT2D eigenvalue weighted by Crippen LogP contribution is -2.04. The summed E-state index contributed by atoms with van der Waals surface area (Å²) in [5.74, 6) is 0.376. The molecule has 0 aliphatic carbocycles. The van der Waals surface area contributed by atoms with E-state index in [1.54, 1.807) is 36.7 Å². The number of hydrogen-bond acceptors (Lipinski definition) is 6. The third kappa shape index (κ3) is 3.69. The zero-order valence-corrected chi connectivity index (χ0v) is 16.6. The van der Waals surface area contributed by atoms with Gasteiger partial charge >= 0.3 is 5.97 Å². The highest BCUT2D eigenvalue weighted by Gasteiger charge is 2.14. The number of benzene rings is 2. The number of carbonyl (C=O) groups is 1. The molecule has 4 rings (SSSR count). The molecule has 0 radical (unpaired) electrons. The standard InChI is InChI=1S/C21H16ClN3O2S/c1-2-27-21(26)14-5-9-16(10-6-14)25-19-18-17(11-28-20(18)24-12-23-19)13-3-7-15(22)8-4-13/h3-12H,2H2,1H3,(H,23,24,25). The highest BCUT2D eigenvalue weighted by Crippen LogP contribution is 2.37. The Morgan fingerprint density at radius 2 is 1.86 bits per heavy atom. The summed E-state index contributed by atoms with van der Waals surface area (Å²) in [6.07, 6.45) is 1.54. The summed E-state index contributed by atoms with van der Waals surface area (Å²) in [7, 11) is 0. The van der Waals surface area contributed by atoms with Gasteiger partial charge in [-0.05, 0) is 48.9 Å². The molecule has 0 bridgehead atoms. The molecule has 0 aliphatic heterocycles. The molecule has 140 valence electrons. The smallest absolute Gasteiger partial charge is 0.338 e. The molecule has 0 saturated carbocycles. The van der Waals surface area contributed by atoms with Crippen molar-refractivity contribution >= 4 is 50.6 Å². The predicted octanol–water partition coefficient (Wildman–Crippen LogP) is 5.93. The lowest BCUT2D eigenvalue weighted by Gasteiger charge is -2.09. The van der Waals surface area contributed by atoms with Gasteiger partial charge < -0.3 is 10.1 Å². The van der Waals surface area contributed by atoms with Crippen molar-refractivity contribution in [2.45, 2.75) is 6.92 Å². The number of hydrogen-bond donors (Lipinski definition) is 1. The number of ether oxygens (including phenoxy) is 1. The van der Waals surface area contributed by atoms with Gasteiger partial charge in [0.2, 0.25) is 0 Å². The summed E-state index contributed by atoms with van der Waals surface area (Å²) in [6, 6.07) is 14.8. The van der Waals surface area contributed by atoms with E-state index in [9.17, 15) is 4.79 Å². The second-order valence-corrected chi connectivity index (χ2v) is 7.28. The van der Waals surface area contributed by atoms with Gasteiger partial charge in [0.25, 0.3) is 0 Å². The average Bonchev–Trinajstić information content (AvgIpc) is 3.14. The molecule has 2 heterocycles. The minimum absolute atomic E-state index is 0.332. The zero-order chi connectivity index (χ0) is 19.5. The average molecular weight is 410 g/mol. The van der Waals surface area contributed by atoms with Gasteiger partial charge in [-0.25, -0.2) is 14.8 Å². The summed E-state index contributed by atoms with van der Waals surface area (Å²) >= 11 is 7.58.